The molecule has 0 atom stereocenters. The number of aliphatic hydroxyl groups is 1. The average Bonchev–Trinajstić information content (AvgIpc) is 2.66. The van der Waals surface area contributed by atoms with Gasteiger partial charge < -0.3 is 10.2 Å². The molecule has 0 fully saturated rings. The lowest BCUT2D eigenvalue weighted by Crippen LogP contribution is -2.25. The van der Waals surface area contributed by atoms with Crippen LogP contribution in [0.5, 0.6) is 5.75 Å². The predicted molar refractivity (Wildman–Crippen MR) is 95.0 cm³/mol. The highest BCUT2D eigenvalue weighted by Crippen LogP contribution is 2.28. The molecule has 0 heterocycles. The summed E-state index contributed by atoms with van der Waals surface area (Å²) >= 11 is 0. The van der Waals surface area contributed by atoms with Crippen LogP contribution in [0.1, 0.15) is 10.4 Å². The number of hydrogen-bond acceptors (Lipinski definition) is 4. The van der Waals surface area contributed by atoms with E-state index in [4.69, 9.17) is 10.4 Å². The van der Waals surface area contributed by atoms with Gasteiger partial charge in [0.2, 0.25) is 0 Å². The van der Waals surface area contributed by atoms with Crippen LogP contribution in [0.15, 0.2) is 84.9 Å². The standard InChI is InChI=1S/C19H15NO2.CHNO/c21-18-13-11-17(12-14-18)20(16-9-5-2-6-10-16)19(22)15-7-3-1-4-8-15;2-1-3/h1-14,21H;3H. The zero-order valence-electron chi connectivity index (χ0n) is 13.3. The van der Waals surface area contributed by atoms with Gasteiger partial charge in [-0.05, 0) is 48.5 Å². The van der Waals surface area contributed by atoms with Gasteiger partial charge in [-0.3, -0.25) is 9.69 Å². The number of aliphatic hydroxyl groups excluding tert-OH is 1. The van der Waals surface area contributed by atoms with Crippen LogP contribution in [0.2, 0.25) is 0 Å². The van der Waals surface area contributed by atoms with Crippen LogP contribution in [-0.2, 0) is 0 Å². The second kappa shape index (κ2) is 8.75. The summed E-state index contributed by atoms with van der Waals surface area (Å²) in [7, 11) is 0. The number of nitriles is 1. The van der Waals surface area contributed by atoms with E-state index in [1.807, 2.05) is 48.5 Å². The van der Waals surface area contributed by atoms with Crippen LogP contribution >= 0.6 is 0 Å². The Morgan fingerprint density at radius 2 is 1.24 bits per heavy atom. The molecule has 3 aromatic rings. The smallest absolute Gasteiger partial charge is 0.283 e. The minimum absolute atomic E-state index is 0.113. The van der Waals surface area contributed by atoms with Gasteiger partial charge in [0.15, 0.2) is 0 Å². The average molecular weight is 332 g/mol. The van der Waals surface area contributed by atoms with Gasteiger partial charge in [-0.25, -0.2) is 0 Å². The third-order valence-corrected chi connectivity index (χ3v) is 3.35. The molecule has 0 radical (unpaired) electrons. The lowest BCUT2D eigenvalue weighted by atomic mass is 10.1. The van der Waals surface area contributed by atoms with Gasteiger partial charge in [-0.2, -0.15) is 5.26 Å². The molecule has 0 bridgehead atoms. The minimum atomic E-state index is -0.113. The van der Waals surface area contributed by atoms with Crippen LogP contribution in [0.4, 0.5) is 11.4 Å². The largest absolute Gasteiger partial charge is 0.508 e. The zero-order valence-corrected chi connectivity index (χ0v) is 13.3. The van der Waals surface area contributed by atoms with Crippen molar-refractivity contribution in [2.75, 3.05) is 4.90 Å². The highest BCUT2D eigenvalue weighted by Gasteiger charge is 2.19. The summed E-state index contributed by atoms with van der Waals surface area (Å²) in [6.45, 7) is 0. The minimum Gasteiger partial charge on any atom is -0.508 e. The van der Waals surface area contributed by atoms with Gasteiger partial charge in [-0.15, -0.1) is 0 Å². The second-order valence-electron chi connectivity index (χ2n) is 4.96. The highest BCUT2D eigenvalue weighted by molar-refractivity contribution is 6.10. The summed E-state index contributed by atoms with van der Waals surface area (Å²) in [6.07, 6.45) is 0.750. The molecule has 0 aliphatic carbocycles. The first kappa shape index (κ1) is 17.6. The summed E-state index contributed by atoms with van der Waals surface area (Å²) in [5.41, 5.74) is 2.10. The van der Waals surface area contributed by atoms with Crippen LogP contribution in [-0.4, -0.2) is 16.1 Å². The molecule has 0 unspecified atom stereocenters. The van der Waals surface area contributed by atoms with Crippen molar-refractivity contribution in [2.24, 2.45) is 0 Å². The summed E-state index contributed by atoms with van der Waals surface area (Å²) in [5, 5.41) is 23.2. The molecule has 5 nitrogen and oxygen atoms in total. The molecule has 0 aliphatic rings. The highest BCUT2D eigenvalue weighted by atomic mass is 16.3. The number of aromatic hydroxyl groups is 1. The Morgan fingerprint density at radius 3 is 1.76 bits per heavy atom. The second-order valence-corrected chi connectivity index (χ2v) is 4.96. The first-order valence-electron chi connectivity index (χ1n) is 7.44. The van der Waals surface area contributed by atoms with Gasteiger partial charge in [0.25, 0.3) is 12.2 Å². The molecule has 0 saturated heterocycles. The van der Waals surface area contributed by atoms with Crippen LogP contribution in [0.3, 0.4) is 0 Å². The lowest BCUT2D eigenvalue weighted by Gasteiger charge is -2.23. The maximum Gasteiger partial charge on any atom is 0.283 e. The van der Waals surface area contributed by atoms with Crippen molar-refractivity contribution in [1.29, 1.82) is 5.26 Å². The van der Waals surface area contributed by atoms with Crippen molar-refractivity contribution >= 4 is 17.3 Å². The predicted octanol–water partition coefficient (Wildman–Crippen LogP) is 4.21. The monoisotopic (exact) mass is 332 g/mol. The number of carbonyl (C=O) groups excluding carboxylic acids is 1. The van der Waals surface area contributed by atoms with Gasteiger partial charge in [-0.1, -0.05) is 36.4 Å². The molecule has 0 spiro atoms. The van der Waals surface area contributed by atoms with Crippen molar-refractivity contribution < 1.29 is 15.0 Å². The molecule has 2 N–H and O–H groups in total. The molecule has 3 aromatic carbocycles. The third-order valence-electron chi connectivity index (χ3n) is 3.35. The Morgan fingerprint density at radius 1 is 0.800 bits per heavy atom. The normalized spacial score (nSPS) is 9.24. The van der Waals surface area contributed by atoms with Gasteiger partial charge >= 0.3 is 0 Å². The fourth-order valence-corrected chi connectivity index (χ4v) is 2.27. The van der Waals surface area contributed by atoms with Gasteiger partial charge in [0, 0.05) is 16.9 Å². The number of rotatable bonds is 3. The Balaban J connectivity index is 0.000000701. The fourth-order valence-electron chi connectivity index (χ4n) is 2.27. The number of benzene rings is 3. The lowest BCUT2D eigenvalue weighted by molar-refractivity contribution is 0.0999. The molecule has 124 valence electrons. The van der Waals surface area contributed by atoms with Crippen molar-refractivity contribution in [3.05, 3.63) is 90.5 Å². The van der Waals surface area contributed by atoms with Gasteiger partial charge in [0.1, 0.15) is 5.75 Å². The quantitative estimate of drug-likeness (QED) is 0.704. The summed E-state index contributed by atoms with van der Waals surface area (Å²) < 4.78 is 0. The molecule has 0 saturated carbocycles. The van der Waals surface area contributed by atoms with E-state index in [1.165, 1.54) is 0 Å². The van der Waals surface area contributed by atoms with E-state index in [9.17, 15) is 9.90 Å². The van der Waals surface area contributed by atoms with Crippen LogP contribution in [0, 0.1) is 11.5 Å². The summed E-state index contributed by atoms with van der Waals surface area (Å²) in [6, 6.07) is 25.2. The van der Waals surface area contributed by atoms with Crippen LogP contribution < -0.4 is 4.90 Å². The Labute approximate surface area is 145 Å². The maximum atomic E-state index is 12.9. The van der Waals surface area contributed by atoms with E-state index in [-0.39, 0.29) is 11.7 Å². The number of hydrogen-bond donors (Lipinski definition) is 2. The van der Waals surface area contributed by atoms with E-state index in [0.29, 0.717) is 11.3 Å². The topological polar surface area (TPSA) is 84.6 Å². The summed E-state index contributed by atoms with van der Waals surface area (Å²) in [5.74, 6) is 0.0569. The number of nitrogens with zero attached hydrogens (tertiary/aromatic N) is 2. The third kappa shape index (κ3) is 4.60. The zero-order chi connectivity index (χ0) is 18.1. The number of anilines is 2. The molecule has 25 heavy (non-hydrogen) atoms. The summed E-state index contributed by atoms with van der Waals surface area (Å²) in [4.78, 5) is 14.5. The van der Waals surface area contributed by atoms with E-state index in [0.717, 1.165) is 11.9 Å². The number of phenols is 1. The van der Waals surface area contributed by atoms with Crippen LogP contribution in [0.25, 0.3) is 0 Å². The van der Waals surface area contributed by atoms with Crippen molar-refractivity contribution in [1.82, 2.24) is 0 Å². The molecule has 0 aromatic heterocycles. The number of carbonyl (C=O) groups is 1. The van der Waals surface area contributed by atoms with Crippen molar-refractivity contribution in [2.45, 2.75) is 0 Å². The number of amides is 1. The molecule has 0 aliphatic heterocycles. The van der Waals surface area contributed by atoms with Gasteiger partial charge in [0.05, 0.1) is 0 Å². The first-order valence-corrected chi connectivity index (χ1v) is 7.44. The molecular weight excluding hydrogens is 316 g/mol. The van der Waals surface area contributed by atoms with Crippen molar-refractivity contribution in [3.8, 4) is 12.0 Å². The fraction of sp³-hybridized carbons (Fsp3) is 0. The Hall–Kier alpha value is -3.78. The SMILES string of the molecule is N#CO.O=C(c1ccccc1)N(c1ccccc1)c1ccc(O)cc1. The Bertz CT molecular complexity index is 842. The van der Waals surface area contributed by atoms with E-state index in [1.54, 1.807) is 41.3 Å². The van der Waals surface area contributed by atoms with E-state index >= 15 is 0 Å². The van der Waals surface area contributed by atoms with E-state index < -0.39 is 0 Å². The Kier molecular flexibility index (Phi) is 6.15. The molecular formula is C20H16N2O3. The maximum absolute atomic E-state index is 12.9. The molecule has 1 amide bonds. The molecule has 5 heteroatoms. The van der Waals surface area contributed by atoms with E-state index in [2.05, 4.69) is 0 Å². The number of para-hydroxylation sites is 1. The first-order chi connectivity index (χ1) is 12.2. The number of phenolic OH excluding ortho intramolecular Hbond substituents is 1. The molecule has 3 rings (SSSR count). The van der Waals surface area contributed by atoms with Crippen molar-refractivity contribution in [3.63, 3.8) is 0 Å².